The van der Waals surface area contributed by atoms with Gasteiger partial charge in [-0.15, -0.1) is 0 Å². The molecule has 0 bridgehead atoms. The van der Waals surface area contributed by atoms with Crippen molar-refractivity contribution in [1.82, 2.24) is 9.78 Å². The van der Waals surface area contributed by atoms with Gasteiger partial charge in [0, 0.05) is 24.4 Å². The fourth-order valence-electron chi connectivity index (χ4n) is 1.55. The maximum Gasteiger partial charge on any atom is 0.184 e. The molecule has 0 spiro atoms. The van der Waals surface area contributed by atoms with Crippen molar-refractivity contribution >= 4 is 5.78 Å². The second-order valence-electron chi connectivity index (χ2n) is 3.80. The molecule has 1 heterocycles. The van der Waals surface area contributed by atoms with Crippen LogP contribution in [0, 0.1) is 5.82 Å². The molecule has 1 atom stereocenters. The summed E-state index contributed by atoms with van der Waals surface area (Å²) >= 11 is 0. The van der Waals surface area contributed by atoms with Crippen LogP contribution in [0.3, 0.4) is 0 Å². The van der Waals surface area contributed by atoms with Crippen LogP contribution >= 0.6 is 0 Å². The summed E-state index contributed by atoms with van der Waals surface area (Å²) in [6, 6.07) is 4.56. The number of benzene rings is 1. The van der Waals surface area contributed by atoms with Crippen LogP contribution in [0.5, 0.6) is 0 Å². The van der Waals surface area contributed by atoms with Gasteiger partial charge in [-0.25, -0.2) is 4.39 Å². The molecule has 2 aromatic rings. The molecule has 0 aliphatic carbocycles. The van der Waals surface area contributed by atoms with E-state index in [1.54, 1.807) is 24.1 Å². The van der Waals surface area contributed by atoms with Gasteiger partial charge in [-0.05, 0) is 24.3 Å². The highest BCUT2D eigenvalue weighted by atomic mass is 19.1. The van der Waals surface area contributed by atoms with E-state index in [9.17, 15) is 9.18 Å². The van der Waals surface area contributed by atoms with Gasteiger partial charge >= 0.3 is 0 Å². The highest BCUT2D eigenvalue weighted by molar-refractivity contribution is 6.00. The number of aromatic nitrogens is 2. The van der Waals surface area contributed by atoms with Crippen molar-refractivity contribution in [3.63, 3.8) is 0 Å². The first-order valence-corrected chi connectivity index (χ1v) is 5.12. The summed E-state index contributed by atoms with van der Waals surface area (Å²) in [6.07, 6.45) is 3.23. The van der Waals surface area contributed by atoms with Crippen LogP contribution in [-0.2, 0) is 7.05 Å². The van der Waals surface area contributed by atoms with E-state index in [1.165, 1.54) is 24.3 Å². The summed E-state index contributed by atoms with van der Waals surface area (Å²) in [5.74, 6) is -0.630. The predicted molar refractivity (Wildman–Crippen MR) is 60.9 cm³/mol. The number of hydrogen-bond donors (Lipinski definition) is 1. The Labute approximate surface area is 97.9 Å². The molecule has 1 aromatic heterocycles. The average Bonchev–Trinajstić information content (AvgIpc) is 2.75. The third kappa shape index (κ3) is 2.39. The zero-order chi connectivity index (χ0) is 12.4. The lowest BCUT2D eigenvalue weighted by molar-refractivity contribution is 0.0961. The Kier molecular flexibility index (Phi) is 3.01. The molecule has 88 valence electrons. The summed E-state index contributed by atoms with van der Waals surface area (Å²) in [7, 11) is 1.75. The minimum absolute atomic E-state index is 0.252. The number of halogens is 1. The Morgan fingerprint density at radius 3 is 2.59 bits per heavy atom. The second-order valence-corrected chi connectivity index (χ2v) is 3.80. The number of rotatable bonds is 3. The summed E-state index contributed by atoms with van der Waals surface area (Å²) in [5.41, 5.74) is 6.86. The molecule has 0 aliphatic rings. The maximum atomic E-state index is 12.7. The topological polar surface area (TPSA) is 60.9 Å². The van der Waals surface area contributed by atoms with Gasteiger partial charge in [-0.2, -0.15) is 5.10 Å². The van der Waals surface area contributed by atoms with Crippen molar-refractivity contribution in [1.29, 1.82) is 0 Å². The van der Waals surface area contributed by atoms with Crippen LogP contribution in [0.2, 0.25) is 0 Å². The van der Waals surface area contributed by atoms with Crippen LogP contribution in [0.25, 0.3) is 0 Å². The Bertz CT molecular complexity index is 533. The third-order valence-electron chi connectivity index (χ3n) is 2.50. The SMILES string of the molecule is Cn1cc(C(N)C(=O)c2ccc(F)cc2)cn1. The van der Waals surface area contributed by atoms with Gasteiger partial charge in [0.1, 0.15) is 5.82 Å². The zero-order valence-electron chi connectivity index (χ0n) is 9.30. The molecule has 0 amide bonds. The molecule has 1 unspecified atom stereocenters. The minimum atomic E-state index is -0.769. The van der Waals surface area contributed by atoms with Crippen LogP contribution in [-0.4, -0.2) is 15.6 Å². The summed E-state index contributed by atoms with van der Waals surface area (Å²) in [6.45, 7) is 0. The first kappa shape index (κ1) is 11.5. The molecule has 1 aromatic carbocycles. The fraction of sp³-hybridized carbons (Fsp3) is 0.167. The van der Waals surface area contributed by atoms with Crippen molar-refractivity contribution in [3.8, 4) is 0 Å². The molecule has 0 aliphatic heterocycles. The van der Waals surface area contributed by atoms with E-state index in [4.69, 9.17) is 5.73 Å². The fourth-order valence-corrected chi connectivity index (χ4v) is 1.55. The molecule has 17 heavy (non-hydrogen) atoms. The number of nitrogens with two attached hydrogens (primary N) is 1. The molecule has 5 heteroatoms. The van der Waals surface area contributed by atoms with Gasteiger partial charge in [0.25, 0.3) is 0 Å². The molecule has 2 rings (SSSR count). The van der Waals surface area contributed by atoms with E-state index >= 15 is 0 Å². The Hall–Kier alpha value is -2.01. The smallest absolute Gasteiger partial charge is 0.184 e. The molecule has 0 saturated carbocycles. The highest BCUT2D eigenvalue weighted by Gasteiger charge is 2.18. The normalized spacial score (nSPS) is 12.4. The van der Waals surface area contributed by atoms with E-state index in [-0.39, 0.29) is 11.6 Å². The zero-order valence-corrected chi connectivity index (χ0v) is 9.30. The van der Waals surface area contributed by atoms with Gasteiger partial charge in [0.15, 0.2) is 5.78 Å². The predicted octanol–water partition coefficient (Wildman–Crippen LogP) is 1.44. The van der Waals surface area contributed by atoms with Gasteiger partial charge in [-0.3, -0.25) is 9.48 Å². The molecular formula is C12H12FN3O. The molecule has 2 N–H and O–H groups in total. The van der Waals surface area contributed by atoms with Crippen LogP contribution in [0.4, 0.5) is 4.39 Å². The van der Waals surface area contributed by atoms with Crippen molar-refractivity contribution < 1.29 is 9.18 Å². The lowest BCUT2D eigenvalue weighted by Crippen LogP contribution is -2.21. The Morgan fingerprint density at radius 1 is 1.41 bits per heavy atom. The van der Waals surface area contributed by atoms with Crippen molar-refractivity contribution in [2.75, 3.05) is 0 Å². The van der Waals surface area contributed by atoms with Crippen molar-refractivity contribution in [3.05, 3.63) is 53.6 Å². The lowest BCUT2D eigenvalue weighted by Gasteiger charge is -2.08. The minimum Gasteiger partial charge on any atom is -0.317 e. The summed E-state index contributed by atoms with van der Waals surface area (Å²) in [5, 5.41) is 3.95. The van der Waals surface area contributed by atoms with Crippen molar-refractivity contribution in [2.24, 2.45) is 12.8 Å². The van der Waals surface area contributed by atoms with Crippen LogP contribution < -0.4 is 5.73 Å². The average molecular weight is 233 g/mol. The maximum absolute atomic E-state index is 12.7. The molecule has 0 fully saturated rings. The molecule has 4 nitrogen and oxygen atoms in total. The highest BCUT2D eigenvalue weighted by Crippen LogP contribution is 2.15. The van der Waals surface area contributed by atoms with Crippen LogP contribution in [0.15, 0.2) is 36.7 Å². The lowest BCUT2D eigenvalue weighted by atomic mass is 10.0. The quantitative estimate of drug-likeness (QED) is 0.816. The number of carbonyl (C=O) groups excluding carboxylic acids is 1. The van der Waals surface area contributed by atoms with E-state index in [2.05, 4.69) is 5.10 Å². The van der Waals surface area contributed by atoms with Crippen LogP contribution in [0.1, 0.15) is 22.0 Å². The number of Topliss-reactive ketones (excluding diaryl/α,β-unsaturated/α-hetero) is 1. The van der Waals surface area contributed by atoms with Gasteiger partial charge in [-0.1, -0.05) is 0 Å². The number of hydrogen-bond acceptors (Lipinski definition) is 3. The van der Waals surface area contributed by atoms with Crippen molar-refractivity contribution in [2.45, 2.75) is 6.04 Å². The van der Waals surface area contributed by atoms with Gasteiger partial charge < -0.3 is 5.73 Å². The number of aryl methyl sites for hydroxylation is 1. The second kappa shape index (κ2) is 4.47. The van der Waals surface area contributed by atoms with E-state index in [0.717, 1.165) is 0 Å². The summed E-state index contributed by atoms with van der Waals surface area (Å²) in [4.78, 5) is 12.0. The Morgan fingerprint density at radius 2 is 2.06 bits per heavy atom. The molecule has 0 saturated heterocycles. The first-order chi connectivity index (χ1) is 8.08. The first-order valence-electron chi connectivity index (χ1n) is 5.12. The summed E-state index contributed by atoms with van der Waals surface area (Å²) < 4.78 is 14.3. The van der Waals surface area contributed by atoms with Gasteiger partial charge in [0.05, 0.1) is 12.2 Å². The number of nitrogens with zero attached hydrogens (tertiary/aromatic N) is 2. The standard InChI is InChI=1S/C12H12FN3O/c1-16-7-9(6-15-16)11(14)12(17)8-2-4-10(13)5-3-8/h2-7,11H,14H2,1H3. The molecule has 0 radical (unpaired) electrons. The van der Waals surface area contributed by atoms with E-state index in [0.29, 0.717) is 11.1 Å². The van der Waals surface area contributed by atoms with E-state index in [1.807, 2.05) is 0 Å². The largest absolute Gasteiger partial charge is 0.317 e. The number of ketones is 1. The monoisotopic (exact) mass is 233 g/mol. The third-order valence-corrected chi connectivity index (χ3v) is 2.50. The Balaban J connectivity index is 2.23. The van der Waals surface area contributed by atoms with E-state index < -0.39 is 6.04 Å². The number of carbonyl (C=O) groups is 1. The molecular weight excluding hydrogens is 221 g/mol. The van der Waals surface area contributed by atoms with Gasteiger partial charge in [0.2, 0.25) is 0 Å².